The summed E-state index contributed by atoms with van der Waals surface area (Å²) in [6.07, 6.45) is 0. The van der Waals surface area contributed by atoms with Gasteiger partial charge in [0, 0.05) is 28.1 Å². The van der Waals surface area contributed by atoms with Crippen LogP contribution in [0.15, 0.2) is 140 Å². The predicted octanol–water partition coefficient (Wildman–Crippen LogP) is 9.72. The summed E-state index contributed by atoms with van der Waals surface area (Å²) in [5.41, 5.74) is 7.95. The van der Waals surface area contributed by atoms with Crippen LogP contribution in [0.25, 0.3) is 44.2 Å². The minimum absolute atomic E-state index is 0.219. The minimum atomic E-state index is -0.219. The third-order valence-electron chi connectivity index (χ3n) is 6.57. The molecule has 0 spiro atoms. The van der Waals surface area contributed by atoms with Crippen molar-refractivity contribution in [2.24, 2.45) is 0 Å². The van der Waals surface area contributed by atoms with E-state index in [1.54, 1.807) is 6.07 Å². The first-order valence-electron chi connectivity index (χ1n) is 12.1. The van der Waals surface area contributed by atoms with Crippen molar-refractivity contribution in [3.8, 4) is 33.4 Å². The van der Waals surface area contributed by atoms with Crippen LogP contribution < -0.4 is 5.32 Å². The second-order valence-corrected chi connectivity index (χ2v) is 8.77. The number of benzene rings is 6. The van der Waals surface area contributed by atoms with Gasteiger partial charge in [-0.1, -0.05) is 121 Å². The first-order valence-corrected chi connectivity index (χ1v) is 12.1. The largest absolute Gasteiger partial charge is 0.355 e. The van der Waals surface area contributed by atoms with Gasteiger partial charge in [-0.3, -0.25) is 0 Å². The van der Waals surface area contributed by atoms with Crippen LogP contribution in [-0.4, -0.2) is 0 Å². The molecule has 0 aliphatic carbocycles. The highest BCUT2D eigenvalue weighted by Crippen LogP contribution is 2.41. The first-order chi connectivity index (χ1) is 17.8. The molecule has 0 aromatic heterocycles. The zero-order valence-corrected chi connectivity index (χ0v) is 19.7. The molecule has 6 aromatic carbocycles. The van der Waals surface area contributed by atoms with E-state index in [1.165, 1.54) is 6.07 Å². The fraction of sp³-hybridized carbons (Fsp3) is 0. The van der Waals surface area contributed by atoms with Crippen molar-refractivity contribution in [2.75, 3.05) is 5.32 Å². The highest BCUT2D eigenvalue weighted by atomic mass is 19.1. The van der Waals surface area contributed by atoms with Crippen LogP contribution in [0.4, 0.5) is 15.8 Å². The zero-order chi connectivity index (χ0) is 24.3. The van der Waals surface area contributed by atoms with Crippen LogP contribution in [0.5, 0.6) is 0 Å². The van der Waals surface area contributed by atoms with Crippen molar-refractivity contribution in [3.05, 3.63) is 145 Å². The Labute approximate surface area is 210 Å². The van der Waals surface area contributed by atoms with Gasteiger partial charge in [-0.05, 0) is 45.7 Å². The molecule has 0 amide bonds. The molecule has 36 heavy (non-hydrogen) atoms. The Bertz CT molecular complexity index is 1670. The Morgan fingerprint density at radius 3 is 1.58 bits per heavy atom. The summed E-state index contributed by atoms with van der Waals surface area (Å²) >= 11 is 0. The summed E-state index contributed by atoms with van der Waals surface area (Å²) in [7, 11) is 0. The summed E-state index contributed by atoms with van der Waals surface area (Å²) in [5, 5.41) is 5.81. The molecule has 0 radical (unpaired) electrons. The average Bonchev–Trinajstić information content (AvgIpc) is 2.94. The van der Waals surface area contributed by atoms with Crippen molar-refractivity contribution in [1.82, 2.24) is 0 Å². The number of anilines is 2. The smallest absolute Gasteiger partial charge is 0.131 e. The lowest BCUT2D eigenvalue weighted by Crippen LogP contribution is -1.96. The van der Waals surface area contributed by atoms with Crippen molar-refractivity contribution in [2.45, 2.75) is 0 Å². The van der Waals surface area contributed by atoms with Gasteiger partial charge in [0.25, 0.3) is 0 Å². The van der Waals surface area contributed by atoms with Gasteiger partial charge in [-0.2, -0.15) is 0 Å². The van der Waals surface area contributed by atoms with Crippen LogP contribution in [0.1, 0.15) is 0 Å². The maximum Gasteiger partial charge on any atom is 0.131 e. The molecule has 172 valence electrons. The van der Waals surface area contributed by atoms with Gasteiger partial charge >= 0.3 is 0 Å². The van der Waals surface area contributed by atoms with Gasteiger partial charge in [0.2, 0.25) is 0 Å². The molecular weight excluding hydrogens is 441 g/mol. The third-order valence-corrected chi connectivity index (χ3v) is 6.57. The summed E-state index contributed by atoms with van der Waals surface area (Å²) in [4.78, 5) is 0. The van der Waals surface area contributed by atoms with Crippen LogP contribution in [0.2, 0.25) is 0 Å². The molecule has 0 aliphatic rings. The number of fused-ring (bicyclic) bond motifs is 1. The first kappa shape index (κ1) is 21.8. The molecule has 0 atom stereocenters. The Kier molecular flexibility index (Phi) is 5.77. The molecule has 6 aromatic rings. The molecule has 1 N–H and O–H groups in total. The van der Waals surface area contributed by atoms with E-state index in [9.17, 15) is 4.39 Å². The van der Waals surface area contributed by atoms with E-state index in [4.69, 9.17) is 0 Å². The van der Waals surface area contributed by atoms with Crippen molar-refractivity contribution in [3.63, 3.8) is 0 Å². The topological polar surface area (TPSA) is 12.0 Å². The Morgan fingerprint density at radius 1 is 0.389 bits per heavy atom. The molecule has 0 saturated carbocycles. The highest BCUT2D eigenvalue weighted by Gasteiger charge is 2.15. The summed E-state index contributed by atoms with van der Waals surface area (Å²) in [6.45, 7) is 0. The van der Waals surface area contributed by atoms with E-state index in [0.29, 0.717) is 5.56 Å². The molecule has 1 nitrogen and oxygen atoms in total. The Morgan fingerprint density at radius 2 is 0.889 bits per heavy atom. The number of halogens is 1. The van der Waals surface area contributed by atoms with E-state index in [2.05, 4.69) is 84.2 Å². The van der Waals surface area contributed by atoms with E-state index in [1.807, 2.05) is 48.5 Å². The number of hydrogen-bond acceptors (Lipinski definition) is 1. The minimum Gasteiger partial charge on any atom is -0.355 e. The van der Waals surface area contributed by atoms with Crippen LogP contribution in [-0.2, 0) is 0 Å². The fourth-order valence-electron chi connectivity index (χ4n) is 4.90. The summed E-state index contributed by atoms with van der Waals surface area (Å²) in [6, 6.07) is 46.4. The van der Waals surface area contributed by atoms with Crippen LogP contribution in [0, 0.1) is 5.82 Å². The van der Waals surface area contributed by atoms with Crippen LogP contribution in [0.3, 0.4) is 0 Å². The third kappa shape index (κ3) is 4.03. The number of para-hydroxylation sites is 2. The molecule has 0 bridgehead atoms. The Hall–Kier alpha value is -4.69. The molecule has 6 rings (SSSR count). The van der Waals surface area contributed by atoms with E-state index >= 15 is 0 Å². The molecule has 2 heteroatoms. The molecule has 0 saturated heterocycles. The van der Waals surface area contributed by atoms with Gasteiger partial charge < -0.3 is 5.32 Å². The average molecular weight is 466 g/mol. The van der Waals surface area contributed by atoms with Crippen molar-refractivity contribution >= 4 is 22.1 Å². The van der Waals surface area contributed by atoms with Gasteiger partial charge in [-0.25, -0.2) is 4.39 Å². The second kappa shape index (κ2) is 9.52. The normalized spacial score (nSPS) is 10.9. The standard InChI is InChI=1S/C34H24FN/c35-31-21-7-4-17-27(31)29-19-10-14-25-15-11-20-30(34(25)29)28-18-6-9-23-33(28)36-32-22-8-5-16-26(32)24-12-2-1-3-13-24/h1-23,36H. The van der Waals surface area contributed by atoms with Gasteiger partial charge in [-0.15, -0.1) is 0 Å². The fourth-order valence-corrected chi connectivity index (χ4v) is 4.90. The number of nitrogens with one attached hydrogen (secondary N) is 1. The van der Waals surface area contributed by atoms with Crippen molar-refractivity contribution in [1.29, 1.82) is 0 Å². The Balaban J connectivity index is 1.53. The van der Waals surface area contributed by atoms with E-state index < -0.39 is 0 Å². The lowest BCUT2D eigenvalue weighted by molar-refractivity contribution is 0.631. The molecule has 0 heterocycles. The van der Waals surface area contributed by atoms with Gasteiger partial charge in [0.05, 0.1) is 0 Å². The lowest BCUT2D eigenvalue weighted by Gasteiger charge is -2.18. The molecule has 0 fully saturated rings. The number of hydrogen-bond donors (Lipinski definition) is 1. The molecule has 0 unspecified atom stereocenters. The molecule has 0 aliphatic heterocycles. The summed E-state index contributed by atoms with van der Waals surface area (Å²) < 4.78 is 14.9. The maximum atomic E-state index is 14.9. The number of rotatable bonds is 5. The van der Waals surface area contributed by atoms with Gasteiger partial charge in [0.15, 0.2) is 0 Å². The van der Waals surface area contributed by atoms with Crippen molar-refractivity contribution < 1.29 is 4.39 Å². The quantitative estimate of drug-likeness (QED) is 0.267. The van der Waals surface area contributed by atoms with Gasteiger partial charge in [0.1, 0.15) is 5.82 Å². The van der Waals surface area contributed by atoms with Crippen LogP contribution >= 0.6 is 0 Å². The molecular formula is C34H24FN. The summed E-state index contributed by atoms with van der Waals surface area (Å²) in [5.74, 6) is -0.219. The lowest BCUT2D eigenvalue weighted by atomic mass is 9.90. The monoisotopic (exact) mass is 465 g/mol. The maximum absolute atomic E-state index is 14.9. The zero-order valence-electron chi connectivity index (χ0n) is 19.7. The van der Waals surface area contributed by atoms with E-state index in [0.717, 1.165) is 50.0 Å². The predicted molar refractivity (Wildman–Crippen MR) is 150 cm³/mol. The second-order valence-electron chi connectivity index (χ2n) is 8.77. The highest BCUT2D eigenvalue weighted by molar-refractivity contribution is 6.08. The van der Waals surface area contributed by atoms with E-state index in [-0.39, 0.29) is 5.82 Å². The SMILES string of the molecule is Fc1ccccc1-c1cccc2cccc(-c3ccccc3Nc3ccccc3-c3ccccc3)c12.